The fraction of sp³-hybridized carbons (Fsp3) is 0.391. The molecule has 0 saturated carbocycles. The topological polar surface area (TPSA) is 97.2 Å². The Kier molecular flexibility index (Phi) is 6.26. The smallest absolute Gasteiger partial charge is 0.253 e. The van der Waals surface area contributed by atoms with E-state index in [0.717, 1.165) is 48.6 Å². The molecule has 1 aromatic carbocycles. The van der Waals surface area contributed by atoms with Crippen LogP contribution in [0.3, 0.4) is 0 Å². The molecular formula is C23H26ClN7O2. The van der Waals surface area contributed by atoms with Crippen molar-refractivity contribution >= 4 is 34.8 Å². The van der Waals surface area contributed by atoms with Crippen molar-refractivity contribution in [3.8, 4) is 11.3 Å². The lowest BCUT2D eigenvalue weighted by molar-refractivity contribution is -0.125. The lowest BCUT2D eigenvalue weighted by Crippen LogP contribution is -2.41. The van der Waals surface area contributed by atoms with Gasteiger partial charge in [0.2, 0.25) is 5.95 Å². The van der Waals surface area contributed by atoms with E-state index in [2.05, 4.69) is 37.3 Å². The van der Waals surface area contributed by atoms with E-state index in [1.807, 2.05) is 30.5 Å². The standard InChI is InChI=1S/C23H26ClN7O2/c1-15-19(12-27-31(15)18-6-8-25-9-7-18)22-20(24)13-26-23(29-22)28-16-2-4-17(5-3-16)30-10-11-33-14-21(30)32/h2-5,12-13,18,25H,6-11,14H2,1H3,(H,26,28,29). The second kappa shape index (κ2) is 9.46. The predicted molar refractivity (Wildman–Crippen MR) is 127 cm³/mol. The highest BCUT2D eigenvalue weighted by molar-refractivity contribution is 6.33. The molecule has 4 heterocycles. The van der Waals surface area contributed by atoms with Crippen molar-refractivity contribution in [2.75, 3.05) is 43.1 Å². The fourth-order valence-electron chi connectivity index (χ4n) is 4.34. The van der Waals surface area contributed by atoms with Crippen LogP contribution in [-0.2, 0) is 9.53 Å². The Hall–Kier alpha value is -3.01. The number of carbonyl (C=O) groups excluding carboxylic acids is 1. The minimum absolute atomic E-state index is 0.0342. The van der Waals surface area contributed by atoms with Gasteiger partial charge in [-0.15, -0.1) is 0 Å². The van der Waals surface area contributed by atoms with Gasteiger partial charge in [0.25, 0.3) is 5.91 Å². The normalized spacial score (nSPS) is 17.4. The van der Waals surface area contributed by atoms with Gasteiger partial charge >= 0.3 is 0 Å². The number of morpholine rings is 1. The van der Waals surface area contributed by atoms with Crippen molar-refractivity contribution in [3.05, 3.63) is 47.4 Å². The summed E-state index contributed by atoms with van der Waals surface area (Å²) in [7, 11) is 0. The number of rotatable bonds is 5. The molecule has 9 nitrogen and oxygen atoms in total. The van der Waals surface area contributed by atoms with E-state index >= 15 is 0 Å². The summed E-state index contributed by atoms with van der Waals surface area (Å²) < 4.78 is 7.29. The molecule has 2 saturated heterocycles. The molecule has 33 heavy (non-hydrogen) atoms. The third-order valence-corrected chi connectivity index (χ3v) is 6.40. The van der Waals surface area contributed by atoms with Crippen LogP contribution in [0.15, 0.2) is 36.7 Å². The summed E-state index contributed by atoms with van der Waals surface area (Å²) in [5.41, 5.74) is 4.27. The summed E-state index contributed by atoms with van der Waals surface area (Å²) in [4.78, 5) is 22.8. The lowest BCUT2D eigenvalue weighted by atomic mass is 10.1. The minimum atomic E-state index is -0.0342. The SMILES string of the molecule is Cc1c(-c2nc(Nc3ccc(N4CCOCC4=O)cc3)ncc2Cl)cnn1C1CCNCC1. The van der Waals surface area contributed by atoms with Crippen LogP contribution in [-0.4, -0.2) is 58.5 Å². The highest BCUT2D eigenvalue weighted by atomic mass is 35.5. The second-order valence-electron chi connectivity index (χ2n) is 8.23. The number of hydrogen-bond donors (Lipinski definition) is 2. The van der Waals surface area contributed by atoms with Gasteiger partial charge in [-0.3, -0.25) is 9.48 Å². The molecule has 5 rings (SSSR count). The summed E-state index contributed by atoms with van der Waals surface area (Å²) in [5.74, 6) is 0.409. The Morgan fingerprint density at radius 1 is 1.18 bits per heavy atom. The number of hydrogen-bond acceptors (Lipinski definition) is 7. The van der Waals surface area contributed by atoms with E-state index in [9.17, 15) is 4.79 Å². The van der Waals surface area contributed by atoms with Crippen molar-refractivity contribution in [3.63, 3.8) is 0 Å². The van der Waals surface area contributed by atoms with Gasteiger partial charge in [0.05, 0.1) is 35.8 Å². The molecule has 172 valence electrons. The number of anilines is 3. The van der Waals surface area contributed by atoms with Crippen molar-refractivity contribution in [1.82, 2.24) is 25.1 Å². The molecule has 2 N–H and O–H groups in total. The highest BCUT2D eigenvalue weighted by Crippen LogP contribution is 2.32. The largest absolute Gasteiger partial charge is 0.370 e. The lowest BCUT2D eigenvalue weighted by Gasteiger charge is -2.26. The Labute approximate surface area is 197 Å². The molecule has 0 unspecified atom stereocenters. The van der Waals surface area contributed by atoms with Gasteiger partial charge in [-0.25, -0.2) is 9.97 Å². The first kappa shape index (κ1) is 21.8. The first-order valence-electron chi connectivity index (χ1n) is 11.1. The Bertz CT molecular complexity index is 1140. The zero-order valence-electron chi connectivity index (χ0n) is 18.4. The molecule has 0 spiro atoms. The van der Waals surface area contributed by atoms with Crippen LogP contribution in [0.25, 0.3) is 11.3 Å². The molecule has 0 atom stereocenters. The van der Waals surface area contributed by atoms with Gasteiger partial charge in [0.15, 0.2) is 0 Å². The maximum absolute atomic E-state index is 12.0. The monoisotopic (exact) mass is 467 g/mol. The van der Waals surface area contributed by atoms with Crippen LogP contribution < -0.4 is 15.5 Å². The Morgan fingerprint density at radius 2 is 1.97 bits per heavy atom. The average Bonchev–Trinajstić information content (AvgIpc) is 3.23. The van der Waals surface area contributed by atoms with Crippen LogP contribution >= 0.6 is 11.6 Å². The van der Waals surface area contributed by atoms with Crippen LogP contribution in [0.1, 0.15) is 24.6 Å². The van der Waals surface area contributed by atoms with E-state index < -0.39 is 0 Å². The summed E-state index contributed by atoms with van der Waals surface area (Å²) >= 11 is 6.47. The van der Waals surface area contributed by atoms with Crippen molar-refractivity contribution in [1.29, 1.82) is 0 Å². The summed E-state index contributed by atoms with van der Waals surface area (Å²) in [6.07, 6.45) is 5.55. The average molecular weight is 468 g/mol. The summed E-state index contributed by atoms with van der Waals surface area (Å²) in [5, 5.41) is 11.7. The predicted octanol–water partition coefficient (Wildman–Crippen LogP) is 3.33. The molecular weight excluding hydrogens is 442 g/mol. The maximum Gasteiger partial charge on any atom is 0.253 e. The zero-order valence-corrected chi connectivity index (χ0v) is 19.2. The first-order valence-corrected chi connectivity index (χ1v) is 11.5. The number of nitrogens with zero attached hydrogens (tertiary/aromatic N) is 5. The molecule has 0 aliphatic carbocycles. The first-order chi connectivity index (χ1) is 16.1. The van der Waals surface area contributed by atoms with E-state index in [-0.39, 0.29) is 12.5 Å². The number of piperidine rings is 1. The summed E-state index contributed by atoms with van der Waals surface area (Å²) in [6, 6.07) is 7.98. The van der Waals surface area contributed by atoms with Crippen LogP contribution in [0.2, 0.25) is 5.02 Å². The number of ether oxygens (including phenoxy) is 1. The van der Waals surface area contributed by atoms with Crippen LogP contribution in [0.5, 0.6) is 0 Å². The maximum atomic E-state index is 12.0. The van der Waals surface area contributed by atoms with E-state index in [1.54, 1.807) is 11.1 Å². The minimum Gasteiger partial charge on any atom is -0.370 e. The third-order valence-electron chi connectivity index (χ3n) is 6.12. The molecule has 2 aliphatic heterocycles. The Morgan fingerprint density at radius 3 is 2.73 bits per heavy atom. The molecule has 2 aromatic heterocycles. The molecule has 0 radical (unpaired) electrons. The van der Waals surface area contributed by atoms with Crippen molar-refractivity contribution in [2.45, 2.75) is 25.8 Å². The van der Waals surface area contributed by atoms with Gasteiger partial charge in [-0.05, 0) is 57.1 Å². The number of halogens is 1. The van der Waals surface area contributed by atoms with Gasteiger partial charge in [-0.2, -0.15) is 5.10 Å². The van der Waals surface area contributed by atoms with Gasteiger partial charge in [0.1, 0.15) is 6.61 Å². The number of nitrogens with one attached hydrogen (secondary N) is 2. The summed E-state index contributed by atoms with van der Waals surface area (Å²) in [6.45, 7) is 5.28. The second-order valence-corrected chi connectivity index (χ2v) is 8.64. The quantitative estimate of drug-likeness (QED) is 0.594. The van der Waals surface area contributed by atoms with E-state index in [0.29, 0.717) is 35.9 Å². The molecule has 3 aromatic rings. The van der Waals surface area contributed by atoms with Crippen molar-refractivity contribution < 1.29 is 9.53 Å². The van der Waals surface area contributed by atoms with Crippen molar-refractivity contribution in [2.24, 2.45) is 0 Å². The third kappa shape index (κ3) is 4.57. The number of amides is 1. The van der Waals surface area contributed by atoms with Crippen LogP contribution in [0.4, 0.5) is 17.3 Å². The molecule has 2 aliphatic rings. The van der Waals surface area contributed by atoms with E-state index in [4.69, 9.17) is 16.3 Å². The zero-order chi connectivity index (χ0) is 22.8. The molecule has 1 amide bonds. The van der Waals surface area contributed by atoms with Gasteiger partial charge in [0, 0.05) is 29.2 Å². The fourth-order valence-corrected chi connectivity index (χ4v) is 4.53. The van der Waals surface area contributed by atoms with Gasteiger partial charge < -0.3 is 20.3 Å². The Balaban J connectivity index is 1.35. The van der Waals surface area contributed by atoms with E-state index in [1.165, 1.54) is 0 Å². The molecule has 2 fully saturated rings. The molecule has 0 bridgehead atoms. The van der Waals surface area contributed by atoms with Gasteiger partial charge in [-0.1, -0.05) is 11.6 Å². The number of benzene rings is 1. The number of aromatic nitrogens is 4. The highest BCUT2D eigenvalue weighted by Gasteiger charge is 2.22. The van der Waals surface area contributed by atoms with Crippen LogP contribution in [0, 0.1) is 6.92 Å². The molecule has 10 heteroatoms. The number of carbonyl (C=O) groups is 1.